The number of hydrogen-bond acceptors (Lipinski definition) is 5. The van der Waals surface area contributed by atoms with E-state index < -0.39 is 18.5 Å². The third-order valence-electron chi connectivity index (χ3n) is 3.30. The van der Waals surface area contributed by atoms with Gasteiger partial charge < -0.3 is 14.8 Å². The van der Waals surface area contributed by atoms with Crippen LogP contribution >= 0.6 is 0 Å². The summed E-state index contributed by atoms with van der Waals surface area (Å²) in [5.74, 6) is -0.822. The number of nitrogens with one attached hydrogen (secondary N) is 1. The van der Waals surface area contributed by atoms with Gasteiger partial charge in [0, 0.05) is 11.3 Å². The summed E-state index contributed by atoms with van der Waals surface area (Å²) in [5, 5.41) is 2.62. The Morgan fingerprint density at radius 3 is 2.40 bits per heavy atom. The normalized spacial score (nSPS) is 10.0. The topological polar surface area (TPSA) is 81.7 Å². The standard InChI is InChI=1S/C19H19NO5/c1-13-6-8-16(9-7-13)20-18(22)11-25-19(23)12-24-17-5-3-4-15(10-17)14(2)21/h3-10H,11-12H2,1-2H3,(H,20,22). The molecule has 6 heteroatoms. The molecule has 0 aliphatic carbocycles. The van der Waals surface area contributed by atoms with Gasteiger partial charge in [-0.3, -0.25) is 9.59 Å². The number of benzene rings is 2. The smallest absolute Gasteiger partial charge is 0.344 e. The number of aryl methyl sites for hydroxylation is 1. The van der Waals surface area contributed by atoms with Crippen molar-refractivity contribution in [3.63, 3.8) is 0 Å². The van der Waals surface area contributed by atoms with E-state index in [4.69, 9.17) is 9.47 Å². The second-order valence-corrected chi connectivity index (χ2v) is 5.45. The van der Waals surface area contributed by atoms with Crippen LogP contribution in [0, 0.1) is 6.92 Å². The molecule has 1 amide bonds. The van der Waals surface area contributed by atoms with E-state index in [0.717, 1.165) is 5.56 Å². The molecular formula is C19H19NO5. The Balaban J connectivity index is 1.75. The molecule has 0 bridgehead atoms. The molecule has 130 valence electrons. The molecule has 0 spiro atoms. The zero-order valence-electron chi connectivity index (χ0n) is 14.1. The first-order chi connectivity index (χ1) is 11.9. The first-order valence-electron chi connectivity index (χ1n) is 7.70. The van der Waals surface area contributed by atoms with Gasteiger partial charge in [-0.2, -0.15) is 0 Å². The summed E-state index contributed by atoms with van der Waals surface area (Å²) in [4.78, 5) is 34.7. The average Bonchev–Trinajstić information content (AvgIpc) is 2.60. The van der Waals surface area contributed by atoms with Crippen LogP contribution in [-0.4, -0.2) is 30.9 Å². The molecule has 0 heterocycles. The van der Waals surface area contributed by atoms with Crippen LogP contribution in [0.3, 0.4) is 0 Å². The summed E-state index contributed by atoms with van der Waals surface area (Å²) in [6.07, 6.45) is 0. The molecule has 0 saturated carbocycles. The minimum absolute atomic E-state index is 0.0965. The Morgan fingerprint density at radius 2 is 1.72 bits per heavy atom. The van der Waals surface area contributed by atoms with Crippen molar-refractivity contribution < 1.29 is 23.9 Å². The molecule has 2 rings (SSSR count). The van der Waals surface area contributed by atoms with Gasteiger partial charge in [0.15, 0.2) is 19.0 Å². The van der Waals surface area contributed by atoms with Gasteiger partial charge in [-0.05, 0) is 38.1 Å². The number of anilines is 1. The van der Waals surface area contributed by atoms with Crippen molar-refractivity contribution in [3.8, 4) is 5.75 Å². The first kappa shape index (κ1) is 18.2. The van der Waals surface area contributed by atoms with E-state index in [1.165, 1.54) is 6.92 Å². The van der Waals surface area contributed by atoms with Gasteiger partial charge in [-0.15, -0.1) is 0 Å². The van der Waals surface area contributed by atoms with Gasteiger partial charge in [-0.1, -0.05) is 29.8 Å². The first-order valence-corrected chi connectivity index (χ1v) is 7.70. The third-order valence-corrected chi connectivity index (χ3v) is 3.30. The Hall–Kier alpha value is -3.15. The summed E-state index contributed by atoms with van der Waals surface area (Å²) >= 11 is 0. The molecule has 0 radical (unpaired) electrons. The van der Waals surface area contributed by atoms with Gasteiger partial charge in [0.25, 0.3) is 5.91 Å². The fourth-order valence-electron chi connectivity index (χ4n) is 1.97. The van der Waals surface area contributed by atoms with Crippen LogP contribution in [0.2, 0.25) is 0 Å². The number of rotatable bonds is 7. The zero-order valence-corrected chi connectivity index (χ0v) is 14.1. The lowest BCUT2D eigenvalue weighted by Gasteiger charge is -2.08. The molecule has 2 aromatic carbocycles. The van der Waals surface area contributed by atoms with E-state index in [1.807, 2.05) is 19.1 Å². The lowest BCUT2D eigenvalue weighted by Crippen LogP contribution is -2.23. The molecule has 0 saturated heterocycles. The fraction of sp³-hybridized carbons (Fsp3) is 0.211. The van der Waals surface area contributed by atoms with Crippen LogP contribution in [0.1, 0.15) is 22.8 Å². The van der Waals surface area contributed by atoms with Crippen molar-refractivity contribution in [3.05, 3.63) is 59.7 Å². The monoisotopic (exact) mass is 341 g/mol. The fourth-order valence-corrected chi connectivity index (χ4v) is 1.97. The van der Waals surface area contributed by atoms with Crippen LogP contribution in [0.15, 0.2) is 48.5 Å². The van der Waals surface area contributed by atoms with Crippen molar-refractivity contribution >= 4 is 23.3 Å². The van der Waals surface area contributed by atoms with E-state index in [1.54, 1.807) is 36.4 Å². The second kappa shape index (κ2) is 8.63. The Labute approximate surface area is 145 Å². The lowest BCUT2D eigenvalue weighted by molar-refractivity contribution is -0.149. The van der Waals surface area contributed by atoms with E-state index in [9.17, 15) is 14.4 Å². The molecule has 0 fully saturated rings. The molecular weight excluding hydrogens is 322 g/mol. The molecule has 0 aliphatic rings. The zero-order chi connectivity index (χ0) is 18.2. The van der Waals surface area contributed by atoms with Gasteiger partial charge >= 0.3 is 5.97 Å². The highest BCUT2D eigenvalue weighted by Crippen LogP contribution is 2.13. The Kier molecular flexibility index (Phi) is 6.28. The minimum Gasteiger partial charge on any atom is -0.482 e. The molecule has 0 unspecified atom stereocenters. The Morgan fingerprint density at radius 1 is 1.00 bits per heavy atom. The maximum Gasteiger partial charge on any atom is 0.344 e. The second-order valence-electron chi connectivity index (χ2n) is 5.45. The predicted octanol–water partition coefficient (Wildman–Crippen LogP) is 2.76. The summed E-state index contributed by atoms with van der Waals surface area (Å²) in [6.45, 7) is 2.64. The number of ketones is 1. The maximum absolute atomic E-state index is 11.7. The number of Topliss-reactive ketones (excluding diaryl/α,β-unsaturated/α-hetero) is 1. The highest BCUT2D eigenvalue weighted by atomic mass is 16.6. The molecule has 0 aromatic heterocycles. The summed E-state index contributed by atoms with van der Waals surface area (Å²) in [6, 6.07) is 13.7. The lowest BCUT2D eigenvalue weighted by atomic mass is 10.1. The molecule has 0 aliphatic heterocycles. The largest absolute Gasteiger partial charge is 0.482 e. The van der Waals surface area contributed by atoms with Crippen LogP contribution < -0.4 is 10.1 Å². The van der Waals surface area contributed by atoms with E-state index in [-0.39, 0.29) is 12.4 Å². The van der Waals surface area contributed by atoms with Gasteiger partial charge in [-0.25, -0.2) is 4.79 Å². The number of hydrogen-bond donors (Lipinski definition) is 1. The molecule has 6 nitrogen and oxygen atoms in total. The van der Waals surface area contributed by atoms with E-state index in [0.29, 0.717) is 17.0 Å². The van der Waals surface area contributed by atoms with Crippen LogP contribution in [0.4, 0.5) is 5.69 Å². The number of esters is 1. The van der Waals surface area contributed by atoms with Crippen molar-refractivity contribution in [2.24, 2.45) is 0 Å². The highest BCUT2D eigenvalue weighted by molar-refractivity contribution is 5.94. The van der Waals surface area contributed by atoms with Crippen molar-refractivity contribution in [1.82, 2.24) is 0 Å². The summed E-state index contributed by atoms with van der Waals surface area (Å²) in [7, 11) is 0. The van der Waals surface area contributed by atoms with E-state index >= 15 is 0 Å². The van der Waals surface area contributed by atoms with Crippen LogP contribution in [-0.2, 0) is 14.3 Å². The third kappa shape index (κ3) is 6.10. The predicted molar refractivity (Wildman–Crippen MR) is 92.7 cm³/mol. The summed E-state index contributed by atoms with van der Waals surface area (Å²) < 4.78 is 10.1. The minimum atomic E-state index is -0.674. The quantitative estimate of drug-likeness (QED) is 0.618. The van der Waals surface area contributed by atoms with Gasteiger partial charge in [0.1, 0.15) is 5.75 Å². The van der Waals surface area contributed by atoms with Gasteiger partial charge in [0.05, 0.1) is 0 Å². The number of amides is 1. The van der Waals surface area contributed by atoms with E-state index in [2.05, 4.69) is 5.32 Å². The van der Waals surface area contributed by atoms with Gasteiger partial charge in [0.2, 0.25) is 0 Å². The number of carbonyl (C=O) groups is 3. The molecule has 25 heavy (non-hydrogen) atoms. The Bertz CT molecular complexity index is 768. The van der Waals surface area contributed by atoms with Crippen LogP contribution in [0.5, 0.6) is 5.75 Å². The van der Waals surface area contributed by atoms with Crippen molar-refractivity contribution in [1.29, 1.82) is 0 Å². The maximum atomic E-state index is 11.7. The molecule has 0 atom stereocenters. The summed E-state index contributed by atoms with van der Waals surface area (Å²) in [5.41, 5.74) is 2.20. The van der Waals surface area contributed by atoms with Crippen molar-refractivity contribution in [2.45, 2.75) is 13.8 Å². The van der Waals surface area contributed by atoms with Crippen LogP contribution in [0.25, 0.3) is 0 Å². The number of ether oxygens (including phenoxy) is 2. The average molecular weight is 341 g/mol. The molecule has 1 N–H and O–H groups in total. The van der Waals surface area contributed by atoms with Crippen molar-refractivity contribution in [2.75, 3.05) is 18.5 Å². The number of carbonyl (C=O) groups excluding carboxylic acids is 3. The molecule has 2 aromatic rings. The SMILES string of the molecule is CC(=O)c1cccc(OCC(=O)OCC(=O)Nc2ccc(C)cc2)c1. The highest BCUT2D eigenvalue weighted by Gasteiger charge is 2.09.